The number of carbonyl (C=O) groups excluding carboxylic acids is 2. The molecule has 2 aliphatic rings. The summed E-state index contributed by atoms with van der Waals surface area (Å²) in [5.74, 6) is -0.520. The van der Waals surface area contributed by atoms with Gasteiger partial charge in [0.1, 0.15) is 12.2 Å². The Bertz CT molecular complexity index is 1170. The van der Waals surface area contributed by atoms with Crippen molar-refractivity contribution in [1.82, 2.24) is 10.1 Å². The zero-order chi connectivity index (χ0) is 35.0. The van der Waals surface area contributed by atoms with Gasteiger partial charge in [0.15, 0.2) is 0 Å². The van der Waals surface area contributed by atoms with Crippen LogP contribution in [0.3, 0.4) is 0 Å². The SMILES string of the molecule is CC1(C)CC(OC(=O)c2ccccc2)CC(C)(C)N1OCCCCCCCCON1C(C)(C)CC(OC(=O)c2ccccc2)CC1(C)C. The maximum atomic E-state index is 12.7. The highest BCUT2D eigenvalue weighted by Crippen LogP contribution is 2.41. The molecule has 266 valence electrons. The quantitative estimate of drug-likeness (QED) is 0.138. The van der Waals surface area contributed by atoms with Crippen molar-refractivity contribution in [1.29, 1.82) is 0 Å². The predicted molar refractivity (Wildman–Crippen MR) is 189 cm³/mol. The molecular weight excluding hydrogens is 604 g/mol. The fourth-order valence-electron chi connectivity index (χ4n) is 8.02. The van der Waals surface area contributed by atoms with Gasteiger partial charge in [-0.3, -0.25) is 9.68 Å². The van der Waals surface area contributed by atoms with Crippen molar-refractivity contribution in [2.24, 2.45) is 0 Å². The third kappa shape index (κ3) is 10.4. The fourth-order valence-corrected chi connectivity index (χ4v) is 8.02. The van der Waals surface area contributed by atoms with Gasteiger partial charge in [-0.2, -0.15) is 10.1 Å². The Hall–Kier alpha value is -2.78. The van der Waals surface area contributed by atoms with E-state index in [1.54, 1.807) is 24.3 Å². The number of benzene rings is 2. The molecule has 2 aromatic rings. The van der Waals surface area contributed by atoms with Gasteiger partial charge >= 0.3 is 11.9 Å². The average molecular weight is 665 g/mol. The van der Waals surface area contributed by atoms with Crippen molar-refractivity contribution in [2.45, 2.75) is 154 Å². The smallest absolute Gasteiger partial charge is 0.338 e. The Morgan fingerprint density at radius 3 is 1.12 bits per heavy atom. The van der Waals surface area contributed by atoms with Gasteiger partial charge in [0.05, 0.1) is 24.3 Å². The van der Waals surface area contributed by atoms with Crippen LogP contribution >= 0.6 is 0 Å². The van der Waals surface area contributed by atoms with Gasteiger partial charge in [0, 0.05) is 47.8 Å². The molecule has 2 aliphatic heterocycles. The van der Waals surface area contributed by atoms with E-state index in [-0.39, 0.29) is 46.3 Å². The molecule has 0 saturated carbocycles. The first-order chi connectivity index (χ1) is 22.6. The third-order valence-corrected chi connectivity index (χ3v) is 9.65. The lowest BCUT2D eigenvalue weighted by Gasteiger charge is -2.53. The van der Waals surface area contributed by atoms with Crippen LogP contribution < -0.4 is 0 Å². The van der Waals surface area contributed by atoms with E-state index < -0.39 is 0 Å². The number of piperidine rings is 2. The minimum atomic E-state index is -0.260. The van der Waals surface area contributed by atoms with E-state index in [1.165, 1.54) is 12.8 Å². The zero-order valence-corrected chi connectivity index (χ0v) is 30.8. The molecule has 0 bridgehead atoms. The number of hydroxylamine groups is 4. The summed E-state index contributed by atoms with van der Waals surface area (Å²) in [4.78, 5) is 38.2. The van der Waals surface area contributed by atoms with Crippen molar-refractivity contribution in [2.75, 3.05) is 13.2 Å². The zero-order valence-electron chi connectivity index (χ0n) is 30.8. The van der Waals surface area contributed by atoms with Crippen molar-refractivity contribution < 1.29 is 28.7 Å². The number of rotatable bonds is 15. The Morgan fingerprint density at radius 2 is 0.812 bits per heavy atom. The van der Waals surface area contributed by atoms with E-state index >= 15 is 0 Å². The Morgan fingerprint density at radius 1 is 0.521 bits per heavy atom. The van der Waals surface area contributed by atoms with E-state index in [4.69, 9.17) is 19.1 Å². The van der Waals surface area contributed by atoms with Crippen LogP contribution in [0, 0.1) is 0 Å². The minimum Gasteiger partial charge on any atom is -0.459 e. The Kier molecular flexibility index (Phi) is 12.9. The molecule has 8 heteroatoms. The van der Waals surface area contributed by atoms with E-state index in [1.807, 2.05) is 36.4 Å². The van der Waals surface area contributed by atoms with Gasteiger partial charge in [0.2, 0.25) is 0 Å². The topological polar surface area (TPSA) is 77.5 Å². The molecule has 0 aromatic heterocycles. The molecular formula is C40H60N2O6. The molecule has 2 heterocycles. The first kappa shape index (κ1) is 38.0. The molecule has 4 rings (SSSR count). The van der Waals surface area contributed by atoms with Crippen LogP contribution in [0.1, 0.15) is 140 Å². The van der Waals surface area contributed by atoms with Crippen molar-refractivity contribution >= 4 is 11.9 Å². The molecule has 48 heavy (non-hydrogen) atoms. The van der Waals surface area contributed by atoms with Gasteiger partial charge in [-0.05, 0) is 92.5 Å². The van der Waals surface area contributed by atoms with Crippen LogP contribution in [0.15, 0.2) is 60.7 Å². The summed E-state index contributed by atoms with van der Waals surface area (Å²) in [5.41, 5.74) is 0.159. The largest absolute Gasteiger partial charge is 0.459 e. The normalized spacial score (nSPS) is 21.1. The molecule has 8 nitrogen and oxygen atoms in total. The minimum absolute atomic E-state index is 0.153. The highest BCUT2D eigenvalue weighted by Gasteiger charge is 2.49. The molecule has 2 saturated heterocycles. The summed E-state index contributed by atoms with van der Waals surface area (Å²) in [6, 6.07) is 18.4. The Balaban J connectivity index is 1.10. The number of unbranched alkanes of at least 4 members (excludes halogenated alkanes) is 5. The van der Waals surface area contributed by atoms with Crippen LogP contribution in [0.5, 0.6) is 0 Å². The van der Waals surface area contributed by atoms with Gasteiger partial charge in [-0.25, -0.2) is 9.59 Å². The number of hydrogen-bond acceptors (Lipinski definition) is 8. The fraction of sp³-hybridized carbons (Fsp3) is 0.650. The molecule has 0 aliphatic carbocycles. The lowest BCUT2D eigenvalue weighted by Crippen LogP contribution is -2.62. The van der Waals surface area contributed by atoms with Crippen LogP contribution in [-0.2, 0) is 19.1 Å². The Labute approximate surface area is 289 Å². The summed E-state index contributed by atoms with van der Waals surface area (Å²) < 4.78 is 11.9. The van der Waals surface area contributed by atoms with Gasteiger partial charge in [-0.1, -0.05) is 62.1 Å². The van der Waals surface area contributed by atoms with E-state index in [0.29, 0.717) is 24.3 Å². The van der Waals surface area contributed by atoms with Gasteiger partial charge in [0.25, 0.3) is 0 Å². The molecule has 0 N–H and O–H groups in total. The van der Waals surface area contributed by atoms with E-state index in [0.717, 1.165) is 51.4 Å². The molecule has 0 amide bonds. The summed E-state index contributed by atoms with van der Waals surface area (Å²) in [5, 5.41) is 4.28. The van der Waals surface area contributed by atoms with Crippen molar-refractivity contribution in [3.63, 3.8) is 0 Å². The summed E-state index contributed by atoms with van der Waals surface area (Å²) in [6.07, 6.45) is 9.22. The van der Waals surface area contributed by atoms with Crippen LogP contribution in [-0.4, -0.2) is 69.6 Å². The maximum absolute atomic E-state index is 12.7. The molecule has 0 radical (unpaired) electrons. The standard InChI is InChI=1S/C40H60N2O6/c1-37(2)27-33(47-35(43)31-21-15-13-16-22-31)28-38(3,4)41(37)45-25-19-11-9-10-12-20-26-46-42-39(5,6)29-34(30-40(42,7)8)48-36(44)32-23-17-14-18-24-32/h13-18,21-24,33-34H,9-12,19-20,25-30H2,1-8H3. The number of carbonyl (C=O) groups is 2. The second-order valence-electron chi connectivity index (χ2n) is 16.2. The van der Waals surface area contributed by atoms with Crippen LogP contribution in [0.2, 0.25) is 0 Å². The first-order valence-corrected chi connectivity index (χ1v) is 18.0. The van der Waals surface area contributed by atoms with Crippen molar-refractivity contribution in [3.05, 3.63) is 71.8 Å². The highest BCUT2D eigenvalue weighted by molar-refractivity contribution is 5.89. The number of esters is 2. The second kappa shape index (κ2) is 16.3. The molecule has 2 aromatic carbocycles. The number of hydrogen-bond donors (Lipinski definition) is 0. The number of nitrogens with zero attached hydrogens (tertiary/aromatic N) is 2. The summed E-state index contributed by atoms with van der Waals surface area (Å²) in [6.45, 7) is 18.7. The molecule has 0 spiro atoms. The highest BCUT2D eigenvalue weighted by atomic mass is 16.7. The van der Waals surface area contributed by atoms with Gasteiger partial charge < -0.3 is 9.47 Å². The summed E-state index contributed by atoms with van der Waals surface area (Å²) >= 11 is 0. The lowest BCUT2D eigenvalue weighted by molar-refractivity contribution is -0.292. The predicted octanol–water partition coefficient (Wildman–Crippen LogP) is 8.95. The van der Waals surface area contributed by atoms with Gasteiger partial charge in [-0.15, -0.1) is 0 Å². The molecule has 0 atom stereocenters. The molecule has 0 unspecified atom stereocenters. The third-order valence-electron chi connectivity index (χ3n) is 9.65. The average Bonchev–Trinajstić information content (AvgIpc) is 3.00. The molecule has 2 fully saturated rings. The van der Waals surface area contributed by atoms with Crippen molar-refractivity contribution in [3.8, 4) is 0 Å². The lowest BCUT2D eigenvalue weighted by atomic mass is 9.80. The first-order valence-electron chi connectivity index (χ1n) is 18.0. The second-order valence-corrected chi connectivity index (χ2v) is 16.2. The monoisotopic (exact) mass is 664 g/mol. The van der Waals surface area contributed by atoms with E-state index in [2.05, 4.69) is 65.5 Å². The van der Waals surface area contributed by atoms with E-state index in [9.17, 15) is 9.59 Å². The summed E-state index contributed by atoms with van der Waals surface area (Å²) in [7, 11) is 0. The number of ether oxygens (including phenoxy) is 2. The van der Waals surface area contributed by atoms with Crippen LogP contribution in [0.4, 0.5) is 0 Å². The van der Waals surface area contributed by atoms with Crippen LogP contribution in [0.25, 0.3) is 0 Å². The maximum Gasteiger partial charge on any atom is 0.338 e.